The minimum absolute atomic E-state index is 0.0169. The van der Waals surface area contributed by atoms with Crippen LogP contribution in [-0.4, -0.2) is 34.9 Å². The van der Waals surface area contributed by atoms with Crippen LogP contribution in [-0.2, 0) is 16.0 Å². The summed E-state index contributed by atoms with van der Waals surface area (Å²) in [5, 5.41) is 12.0. The smallest absolute Gasteiger partial charge is 0.251 e. The van der Waals surface area contributed by atoms with Gasteiger partial charge in [0.2, 0.25) is 5.13 Å². The number of nitrogens with two attached hydrogens (primary N) is 1. The van der Waals surface area contributed by atoms with Gasteiger partial charge in [-0.2, -0.15) is 0 Å². The van der Waals surface area contributed by atoms with Crippen LogP contribution in [0.1, 0.15) is 31.2 Å². The van der Waals surface area contributed by atoms with Gasteiger partial charge in [0.1, 0.15) is 10.6 Å². The molecule has 1 fully saturated rings. The summed E-state index contributed by atoms with van der Waals surface area (Å²) in [5.41, 5.74) is 4.86. The molecule has 0 unspecified atom stereocenters. The van der Waals surface area contributed by atoms with Gasteiger partial charge in [-0.05, 0) is 26.2 Å². The molecule has 2 rings (SSSR count). The third-order valence-electron chi connectivity index (χ3n) is 3.03. The van der Waals surface area contributed by atoms with E-state index in [4.69, 9.17) is 10.5 Å². The molecule has 1 atom stereocenters. The Morgan fingerprint density at radius 3 is 3.06 bits per heavy atom. The Balaban J connectivity index is 1.67. The SMILES string of the molecule is C[C@]1(C(=O)NCCCc2nnc(N)s2)CCCO1. The highest BCUT2D eigenvalue weighted by atomic mass is 32.1. The lowest BCUT2D eigenvalue weighted by molar-refractivity contribution is -0.139. The summed E-state index contributed by atoms with van der Waals surface area (Å²) < 4.78 is 5.47. The van der Waals surface area contributed by atoms with Crippen LogP contribution in [0.15, 0.2) is 0 Å². The van der Waals surface area contributed by atoms with E-state index in [1.54, 1.807) is 0 Å². The Morgan fingerprint density at radius 2 is 2.44 bits per heavy atom. The second kappa shape index (κ2) is 5.62. The van der Waals surface area contributed by atoms with Crippen molar-refractivity contribution >= 4 is 22.4 Å². The Bertz CT molecular complexity index is 415. The fourth-order valence-electron chi connectivity index (χ4n) is 1.95. The molecule has 0 saturated carbocycles. The molecule has 1 aliphatic rings. The van der Waals surface area contributed by atoms with Crippen molar-refractivity contribution in [3.8, 4) is 0 Å². The maximum Gasteiger partial charge on any atom is 0.251 e. The molecule has 0 bridgehead atoms. The number of hydrogen-bond donors (Lipinski definition) is 2. The summed E-state index contributed by atoms with van der Waals surface area (Å²) in [5.74, 6) is -0.0169. The molecule has 3 N–H and O–H groups in total. The normalized spacial score (nSPS) is 23.2. The summed E-state index contributed by atoms with van der Waals surface area (Å²) in [7, 11) is 0. The number of carbonyl (C=O) groups is 1. The number of nitrogen functional groups attached to an aromatic ring is 1. The van der Waals surface area contributed by atoms with Crippen molar-refractivity contribution in [2.24, 2.45) is 0 Å². The number of aryl methyl sites for hydroxylation is 1. The first-order valence-electron chi connectivity index (χ1n) is 6.10. The van der Waals surface area contributed by atoms with Crippen LogP contribution in [0.5, 0.6) is 0 Å². The predicted octanol–water partition coefficient (Wildman–Crippen LogP) is 0.738. The van der Waals surface area contributed by atoms with Gasteiger partial charge >= 0.3 is 0 Å². The van der Waals surface area contributed by atoms with Gasteiger partial charge in [-0.3, -0.25) is 4.79 Å². The minimum atomic E-state index is -0.632. The second-order valence-electron chi connectivity index (χ2n) is 4.58. The van der Waals surface area contributed by atoms with Crippen LogP contribution in [0.2, 0.25) is 0 Å². The number of rotatable bonds is 5. The zero-order valence-electron chi connectivity index (χ0n) is 10.4. The van der Waals surface area contributed by atoms with Crippen LogP contribution >= 0.6 is 11.3 Å². The number of carbonyl (C=O) groups excluding carboxylic acids is 1. The second-order valence-corrected chi connectivity index (χ2v) is 5.67. The number of anilines is 1. The highest BCUT2D eigenvalue weighted by Gasteiger charge is 2.37. The summed E-state index contributed by atoms with van der Waals surface area (Å²) >= 11 is 1.39. The van der Waals surface area contributed by atoms with Gasteiger partial charge in [-0.15, -0.1) is 10.2 Å². The molecule has 6 nitrogen and oxygen atoms in total. The quantitative estimate of drug-likeness (QED) is 0.770. The lowest BCUT2D eigenvalue weighted by atomic mass is 10.0. The van der Waals surface area contributed by atoms with Crippen molar-refractivity contribution in [2.45, 2.75) is 38.2 Å². The van der Waals surface area contributed by atoms with Gasteiger partial charge < -0.3 is 15.8 Å². The molecule has 1 amide bonds. The zero-order chi connectivity index (χ0) is 13.0. The largest absolute Gasteiger partial charge is 0.374 e. The number of hydrogen-bond acceptors (Lipinski definition) is 6. The molecule has 1 saturated heterocycles. The van der Waals surface area contributed by atoms with Gasteiger partial charge in [-0.25, -0.2) is 0 Å². The third kappa shape index (κ3) is 3.17. The molecular formula is C11H18N4O2S. The first kappa shape index (κ1) is 13.2. The van der Waals surface area contributed by atoms with E-state index in [2.05, 4.69) is 15.5 Å². The fraction of sp³-hybridized carbons (Fsp3) is 0.727. The molecule has 1 aromatic heterocycles. The van der Waals surface area contributed by atoms with Crippen molar-refractivity contribution in [3.63, 3.8) is 0 Å². The lowest BCUT2D eigenvalue weighted by Gasteiger charge is -2.21. The van der Waals surface area contributed by atoms with E-state index in [0.29, 0.717) is 18.3 Å². The predicted molar refractivity (Wildman–Crippen MR) is 69.2 cm³/mol. The van der Waals surface area contributed by atoms with E-state index in [0.717, 1.165) is 30.7 Å². The van der Waals surface area contributed by atoms with Gasteiger partial charge in [0, 0.05) is 19.6 Å². The first-order chi connectivity index (χ1) is 8.60. The van der Waals surface area contributed by atoms with Crippen molar-refractivity contribution in [3.05, 3.63) is 5.01 Å². The molecule has 0 aromatic carbocycles. The van der Waals surface area contributed by atoms with Crippen LogP contribution in [0.25, 0.3) is 0 Å². The number of amides is 1. The highest BCUT2D eigenvalue weighted by molar-refractivity contribution is 7.15. The average molecular weight is 270 g/mol. The summed E-state index contributed by atoms with van der Waals surface area (Å²) in [6, 6.07) is 0. The van der Waals surface area contributed by atoms with Gasteiger partial charge in [0.05, 0.1) is 0 Å². The Labute approximate surface area is 110 Å². The van der Waals surface area contributed by atoms with E-state index in [1.165, 1.54) is 11.3 Å². The number of aromatic nitrogens is 2. The van der Waals surface area contributed by atoms with E-state index >= 15 is 0 Å². The average Bonchev–Trinajstić information content (AvgIpc) is 2.94. The van der Waals surface area contributed by atoms with Crippen molar-refractivity contribution in [2.75, 3.05) is 18.9 Å². The maximum absolute atomic E-state index is 11.9. The molecule has 0 spiro atoms. The van der Waals surface area contributed by atoms with Crippen molar-refractivity contribution < 1.29 is 9.53 Å². The summed E-state index contributed by atoms with van der Waals surface area (Å²) in [4.78, 5) is 11.9. The summed E-state index contributed by atoms with van der Waals surface area (Å²) in [6.45, 7) is 3.14. The Kier molecular flexibility index (Phi) is 4.13. The molecule has 1 aromatic rings. The molecule has 7 heteroatoms. The van der Waals surface area contributed by atoms with Crippen LogP contribution < -0.4 is 11.1 Å². The van der Waals surface area contributed by atoms with Crippen molar-refractivity contribution in [1.82, 2.24) is 15.5 Å². The van der Waals surface area contributed by atoms with Gasteiger partial charge in [-0.1, -0.05) is 11.3 Å². The fourth-order valence-corrected chi connectivity index (χ4v) is 2.61. The maximum atomic E-state index is 11.9. The van der Waals surface area contributed by atoms with E-state index in [-0.39, 0.29) is 5.91 Å². The monoisotopic (exact) mass is 270 g/mol. The van der Waals surface area contributed by atoms with Gasteiger partial charge in [0.25, 0.3) is 5.91 Å². The molecular weight excluding hydrogens is 252 g/mol. The Hall–Kier alpha value is -1.21. The number of nitrogens with one attached hydrogen (secondary N) is 1. The molecule has 0 aliphatic carbocycles. The molecule has 18 heavy (non-hydrogen) atoms. The topological polar surface area (TPSA) is 90.1 Å². The minimum Gasteiger partial charge on any atom is -0.374 e. The number of ether oxygens (including phenoxy) is 1. The van der Waals surface area contributed by atoms with E-state index < -0.39 is 5.60 Å². The zero-order valence-corrected chi connectivity index (χ0v) is 11.3. The van der Waals surface area contributed by atoms with Crippen molar-refractivity contribution in [1.29, 1.82) is 0 Å². The number of nitrogens with zero attached hydrogens (tertiary/aromatic N) is 2. The van der Waals surface area contributed by atoms with Crippen LogP contribution in [0.4, 0.5) is 5.13 Å². The van der Waals surface area contributed by atoms with Crippen LogP contribution in [0.3, 0.4) is 0 Å². The molecule has 100 valence electrons. The molecule has 0 radical (unpaired) electrons. The summed E-state index contributed by atoms with van der Waals surface area (Å²) in [6.07, 6.45) is 3.36. The van der Waals surface area contributed by atoms with Crippen LogP contribution in [0, 0.1) is 0 Å². The molecule has 2 heterocycles. The van der Waals surface area contributed by atoms with E-state index in [1.807, 2.05) is 6.92 Å². The lowest BCUT2D eigenvalue weighted by Crippen LogP contribution is -2.44. The highest BCUT2D eigenvalue weighted by Crippen LogP contribution is 2.24. The first-order valence-corrected chi connectivity index (χ1v) is 6.92. The standard InChI is InChI=1S/C11H18N4O2S/c1-11(5-3-7-17-11)9(16)13-6-2-4-8-14-15-10(12)18-8/h2-7H2,1H3,(H2,12,15)(H,13,16)/t11-/m1/s1. The third-order valence-corrected chi connectivity index (χ3v) is 3.85. The molecule has 1 aliphatic heterocycles. The van der Waals surface area contributed by atoms with E-state index in [9.17, 15) is 4.79 Å². The Morgan fingerprint density at radius 1 is 1.61 bits per heavy atom. The van der Waals surface area contributed by atoms with Gasteiger partial charge in [0.15, 0.2) is 0 Å².